The van der Waals surface area contributed by atoms with E-state index in [1.807, 2.05) is 6.92 Å². The van der Waals surface area contributed by atoms with Crippen molar-refractivity contribution in [2.24, 2.45) is 0 Å². The average molecular weight is 411 g/mol. The average Bonchev–Trinajstić information content (AvgIpc) is 2.68. The van der Waals surface area contributed by atoms with Crippen LogP contribution in [0.2, 0.25) is 0 Å². The molecule has 0 spiro atoms. The Labute approximate surface area is 175 Å². The Morgan fingerprint density at radius 3 is 2.40 bits per heavy atom. The first-order chi connectivity index (χ1) is 14.1. The molecule has 2 amide bonds. The first-order valence-electron chi connectivity index (χ1n) is 9.56. The monoisotopic (exact) mass is 411 g/mol. The van der Waals surface area contributed by atoms with Gasteiger partial charge in [0.1, 0.15) is 12.4 Å². The fourth-order valence-electron chi connectivity index (χ4n) is 3.35. The van der Waals surface area contributed by atoms with Crippen molar-refractivity contribution in [1.29, 1.82) is 0 Å². The molecule has 158 valence electrons. The van der Waals surface area contributed by atoms with Crippen LogP contribution in [0.25, 0.3) is 0 Å². The lowest BCUT2D eigenvalue weighted by Crippen LogP contribution is -2.37. The summed E-state index contributed by atoms with van der Waals surface area (Å²) in [6.45, 7) is 8.73. The summed E-state index contributed by atoms with van der Waals surface area (Å²) in [6, 6.07) is 13.0. The third-order valence-electron chi connectivity index (χ3n) is 4.73. The number of benzene rings is 2. The van der Waals surface area contributed by atoms with Gasteiger partial charge in [-0.1, -0.05) is 49.4 Å². The van der Waals surface area contributed by atoms with Crippen LogP contribution < -0.4 is 5.32 Å². The Morgan fingerprint density at radius 2 is 1.77 bits per heavy atom. The smallest absolute Gasteiger partial charge is 0.302 e. The van der Waals surface area contributed by atoms with E-state index in [4.69, 9.17) is 4.74 Å². The molecule has 2 aromatic rings. The summed E-state index contributed by atoms with van der Waals surface area (Å²) >= 11 is 0. The van der Waals surface area contributed by atoms with E-state index in [1.165, 1.54) is 13.0 Å². The van der Waals surface area contributed by atoms with E-state index in [2.05, 4.69) is 11.9 Å². The lowest BCUT2D eigenvalue weighted by Gasteiger charge is -2.31. The number of hydrogen-bond acceptors (Lipinski definition) is 4. The van der Waals surface area contributed by atoms with Gasteiger partial charge in [0, 0.05) is 24.3 Å². The maximum absolute atomic E-state index is 14.7. The van der Waals surface area contributed by atoms with Gasteiger partial charge in [-0.05, 0) is 42.7 Å². The van der Waals surface area contributed by atoms with Gasteiger partial charge in [0.15, 0.2) is 0 Å². The zero-order valence-corrected chi connectivity index (χ0v) is 17.5. The third-order valence-corrected chi connectivity index (χ3v) is 4.73. The molecule has 0 radical (unpaired) electrons. The molecule has 2 rings (SSSR count). The second kappa shape index (κ2) is 9.96. The lowest BCUT2D eigenvalue weighted by atomic mass is 9.74. The highest BCUT2D eigenvalue weighted by Crippen LogP contribution is 2.36. The molecule has 0 bridgehead atoms. The number of carbonyl (C=O) groups excluding carboxylic acids is 3. The standard InChI is InChI=1S/C24H26FNO4/c1-16-10-11-21(25)20(12-16)24(4,13-17(2)15-30-18(3)27)14-22(28)26-23(29)19-8-6-5-7-9-19/h5-12H,2,13-15H2,1,3-4H3,(H,26,28,29)/t24-/m1/s1. The van der Waals surface area contributed by atoms with Crippen molar-refractivity contribution in [2.75, 3.05) is 6.61 Å². The number of nitrogens with one attached hydrogen (secondary N) is 1. The number of esters is 1. The van der Waals surface area contributed by atoms with Crippen LogP contribution in [0.15, 0.2) is 60.7 Å². The molecule has 0 aliphatic rings. The second-order valence-electron chi connectivity index (χ2n) is 7.67. The molecule has 5 nitrogen and oxygen atoms in total. The highest BCUT2D eigenvalue weighted by atomic mass is 19.1. The number of hydrogen-bond donors (Lipinski definition) is 1. The minimum atomic E-state index is -0.992. The largest absolute Gasteiger partial charge is 0.461 e. The van der Waals surface area contributed by atoms with Crippen LogP contribution in [0.1, 0.15) is 48.2 Å². The Bertz CT molecular complexity index is 955. The highest BCUT2D eigenvalue weighted by molar-refractivity contribution is 6.04. The molecule has 30 heavy (non-hydrogen) atoms. The van der Waals surface area contributed by atoms with Crippen LogP contribution >= 0.6 is 0 Å². The molecule has 0 saturated heterocycles. The van der Waals surface area contributed by atoms with Crippen molar-refractivity contribution < 1.29 is 23.5 Å². The molecular formula is C24H26FNO4. The minimum Gasteiger partial charge on any atom is -0.461 e. The molecule has 0 fully saturated rings. The van der Waals surface area contributed by atoms with Crippen LogP contribution in [-0.2, 0) is 19.7 Å². The number of halogens is 1. The molecule has 0 aliphatic heterocycles. The van der Waals surface area contributed by atoms with Crippen LogP contribution in [0.5, 0.6) is 0 Å². The SMILES string of the molecule is C=C(COC(C)=O)C[C@](C)(CC(=O)NC(=O)c1ccccc1)c1cc(C)ccc1F. The lowest BCUT2D eigenvalue weighted by molar-refractivity contribution is -0.140. The predicted octanol–water partition coefficient (Wildman–Crippen LogP) is 4.25. The Kier molecular flexibility index (Phi) is 7.64. The summed E-state index contributed by atoms with van der Waals surface area (Å²) in [5.41, 5.74) is 1.08. The molecule has 0 aliphatic carbocycles. The zero-order chi connectivity index (χ0) is 22.3. The summed E-state index contributed by atoms with van der Waals surface area (Å²) in [5.74, 6) is -1.96. The second-order valence-corrected chi connectivity index (χ2v) is 7.67. The summed E-state index contributed by atoms with van der Waals surface area (Å²) in [6.07, 6.45) is 0.0542. The Hall–Kier alpha value is -3.28. The van der Waals surface area contributed by atoms with Gasteiger partial charge < -0.3 is 4.74 Å². The number of amides is 2. The van der Waals surface area contributed by atoms with Gasteiger partial charge in [0.25, 0.3) is 5.91 Å². The molecular weight excluding hydrogens is 385 g/mol. The van der Waals surface area contributed by atoms with Gasteiger partial charge in [-0.15, -0.1) is 0 Å². The van der Waals surface area contributed by atoms with Crippen molar-refractivity contribution in [3.63, 3.8) is 0 Å². The number of carbonyl (C=O) groups is 3. The van der Waals surface area contributed by atoms with Crippen LogP contribution in [0.4, 0.5) is 4.39 Å². The van der Waals surface area contributed by atoms with Crippen LogP contribution in [0.3, 0.4) is 0 Å². The van der Waals surface area contributed by atoms with Crippen molar-refractivity contribution in [2.45, 2.75) is 39.0 Å². The summed E-state index contributed by atoms with van der Waals surface area (Å²) in [7, 11) is 0. The molecule has 0 unspecified atom stereocenters. The van der Waals surface area contributed by atoms with E-state index in [1.54, 1.807) is 49.4 Å². The zero-order valence-electron chi connectivity index (χ0n) is 17.5. The van der Waals surface area contributed by atoms with Gasteiger partial charge >= 0.3 is 5.97 Å². The highest BCUT2D eigenvalue weighted by Gasteiger charge is 2.33. The van der Waals surface area contributed by atoms with Crippen LogP contribution in [-0.4, -0.2) is 24.4 Å². The first-order valence-corrected chi connectivity index (χ1v) is 9.56. The Morgan fingerprint density at radius 1 is 1.10 bits per heavy atom. The molecule has 2 aromatic carbocycles. The fourth-order valence-corrected chi connectivity index (χ4v) is 3.35. The van der Waals surface area contributed by atoms with Crippen molar-refractivity contribution >= 4 is 17.8 Å². The molecule has 6 heteroatoms. The maximum Gasteiger partial charge on any atom is 0.302 e. The van der Waals surface area contributed by atoms with Gasteiger partial charge in [0.05, 0.1) is 0 Å². The predicted molar refractivity (Wildman–Crippen MR) is 112 cm³/mol. The van der Waals surface area contributed by atoms with Gasteiger partial charge in [-0.2, -0.15) is 0 Å². The number of ether oxygens (including phenoxy) is 1. The van der Waals surface area contributed by atoms with Gasteiger partial charge in [-0.25, -0.2) is 4.39 Å². The molecule has 1 atom stereocenters. The molecule has 1 N–H and O–H groups in total. The van der Waals surface area contributed by atoms with E-state index in [0.29, 0.717) is 16.7 Å². The Balaban J connectivity index is 2.25. The first kappa shape index (κ1) is 23.0. The topological polar surface area (TPSA) is 72.5 Å². The number of aryl methyl sites for hydroxylation is 1. The maximum atomic E-state index is 14.7. The van der Waals surface area contributed by atoms with E-state index in [-0.39, 0.29) is 19.4 Å². The normalized spacial score (nSPS) is 12.5. The quantitative estimate of drug-likeness (QED) is 0.521. The van der Waals surface area contributed by atoms with Crippen molar-refractivity contribution in [3.05, 3.63) is 83.2 Å². The third kappa shape index (κ3) is 6.37. The van der Waals surface area contributed by atoms with Gasteiger partial charge in [0.2, 0.25) is 5.91 Å². The number of rotatable bonds is 8. The van der Waals surface area contributed by atoms with Gasteiger partial charge in [-0.3, -0.25) is 19.7 Å². The van der Waals surface area contributed by atoms with E-state index in [0.717, 1.165) is 5.56 Å². The molecule has 0 aromatic heterocycles. The fraction of sp³-hybridized carbons (Fsp3) is 0.292. The summed E-state index contributed by atoms with van der Waals surface area (Å²) < 4.78 is 19.7. The molecule has 0 saturated carbocycles. The van der Waals surface area contributed by atoms with Crippen molar-refractivity contribution in [1.82, 2.24) is 5.32 Å². The van der Waals surface area contributed by atoms with E-state index >= 15 is 0 Å². The van der Waals surface area contributed by atoms with Crippen LogP contribution in [0, 0.1) is 12.7 Å². The number of imide groups is 1. The van der Waals surface area contributed by atoms with Crippen molar-refractivity contribution in [3.8, 4) is 0 Å². The summed E-state index contributed by atoms with van der Waals surface area (Å²) in [5, 5.41) is 2.36. The summed E-state index contributed by atoms with van der Waals surface area (Å²) in [4.78, 5) is 36.1. The van der Waals surface area contributed by atoms with E-state index in [9.17, 15) is 18.8 Å². The minimum absolute atomic E-state index is 0.0249. The molecule has 0 heterocycles. The van der Waals surface area contributed by atoms with E-state index < -0.39 is 29.0 Å².